The molecule has 1 fully saturated rings. The number of hydrogen-bond acceptors (Lipinski definition) is 4. The highest BCUT2D eigenvalue weighted by molar-refractivity contribution is 7.13. The van der Waals surface area contributed by atoms with Crippen molar-refractivity contribution in [3.05, 3.63) is 60.0 Å². The van der Waals surface area contributed by atoms with Gasteiger partial charge in [0.2, 0.25) is 0 Å². The van der Waals surface area contributed by atoms with Gasteiger partial charge in [-0.1, -0.05) is 12.1 Å². The highest BCUT2D eigenvalue weighted by Gasteiger charge is 2.20. The van der Waals surface area contributed by atoms with Crippen molar-refractivity contribution < 1.29 is 4.39 Å². The number of piperazine rings is 1. The molecule has 2 aromatic carbocycles. The maximum Gasteiger partial charge on any atom is 0.150 e. The van der Waals surface area contributed by atoms with Crippen LogP contribution in [0.3, 0.4) is 0 Å². The number of aromatic nitrogens is 2. The first-order valence-corrected chi connectivity index (χ1v) is 10.1. The van der Waals surface area contributed by atoms with E-state index in [0.29, 0.717) is 0 Å². The molecule has 0 unspecified atom stereocenters. The lowest BCUT2D eigenvalue weighted by atomic mass is 10.1. The van der Waals surface area contributed by atoms with Gasteiger partial charge >= 0.3 is 0 Å². The molecule has 138 valence electrons. The quantitative estimate of drug-likeness (QED) is 0.574. The van der Waals surface area contributed by atoms with Crippen LogP contribution in [0.25, 0.3) is 21.0 Å². The second-order valence-electron chi connectivity index (χ2n) is 7.08. The van der Waals surface area contributed by atoms with Crippen molar-refractivity contribution in [1.82, 2.24) is 14.3 Å². The average molecular weight is 380 g/mol. The molecule has 0 radical (unpaired) electrons. The van der Waals surface area contributed by atoms with E-state index in [0.717, 1.165) is 55.9 Å². The summed E-state index contributed by atoms with van der Waals surface area (Å²) in [5, 5.41) is 2.26. The van der Waals surface area contributed by atoms with Gasteiger partial charge in [-0.15, -0.1) is 0 Å². The molecular formula is C21H21FN4S. The zero-order valence-electron chi connectivity index (χ0n) is 15.0. The van der Waals surface area contributed by atoms with E-state index in [-0.39, 0.29) is 5.82 Å². The predicted octanol–water partition coefficient (Wildman–Crippen LogP) is 4.28. The Balaban J connectivity index is 1.22. The standard InChI is InChI=1S/C21H21FN4S/c22-16-5-6-19-18(13-16)15(14-23-19)7-8-25-9-11-26(12-10-25)21-17-3-1-2-4-20(17)27-24-21/h1-6,13-14,23H,7-12H2. The molecule has 2 aromatic heterocycles. The van der Waals surface area contributed by atoms with Crippen LogP contribution in [0.2, 0.25) is 0 Å². The summed E-state index contributed by atoms with van der Waals surface area (Å²) in [6, 6.07) is 13.4. The minimum Gasteiger partial charge on any atom is -0.361 e. The maximum absolute atomic E-state index is 13.5. The minimum atomic E-state index is -0.174. The Morgan fingerprint density at radius 3 is 2.78 bits per heavy atom. The molecule has 0 saturated carbocycles. The van der Waals surface area contributed by atoms with Crippen molar-refractivity contribution in [2.45, 2.75) is 6.42 Å². The number of hydrogen-bond donors (Lipinski definition) is 1. The molecule has 0 spiro atoms. The van der Waals surface area contributed by atoms with Gasteiger partial charge < -0.3 is 9.88 Å². The van der Waals surface area contributed by atoms with Crippen molar-refractivity contribution in [1.29, 1.82) is 0 Å². The summed E-state index contributed by atoms with van der Waals surface area (Å²) in [7, 11) is 0. The predicted molar refractivity (Wildman–Crippen MR) is 110 cm³/mol. The second-order valence-corrected chi connectivity index (χ2v) is 7.89. The first-order chi connectivity index (χ1) is 13.3. The molecule has 1 aliphatic rings. The van der Waals surface area contributed by atoms with Gasteiger partial charge in [-0.05, 0) is 53.8 Å². The topological polar surface area (TPSA) is 35.2 Å². The highest BCUT2D eigenvalue weighted by Crippen LogP contribution is 2.30. The largest absolute Gasteiger partial charge is 0.361 e. The van der Waals surface area contributed by atoms with Gasteiger partial charge in [0.15, 0.2) is 0 Å². The Labute approximate surface area is 161 Å². The third-order valence-electron chi connectivity index (χ3n) is 5.46. The number of nitrogens with one attached hydrogen (secondary N) is 1. The number of fused-ring (bicyclic) bond motifs is 2. The van der Waals surface area contributed by atoms with E-state index in [4.69, 9.17) is 0 Å². The molecule has 27 heavy (non-hydrogen) atoms. The van der Waals surface area contributed by atoms with Gasteiger partial charge in [0, 0.05) is 55.2 Å². The fourth-order valence-electron chi connectivity index (χ4n) is 3.92. The van der Waals surface area contributed by atoms with E-state index < -0.39 is 0 Å². The average Bonchev–Trinajstić information content (AvgIpc) is 3.31. The Hall–Kier alpha value is -2.44. The maximum atomic E-state index is 13.5. The summed E-state index contributed by atoms with van der Waals surface area (Å²) in [6.45, 7) is 5.05. The number of aromatic amines is 1. The van der Waals surface area contributed by atoms with Gasteiger partial charge in [-0.25, -0.2) is 4.39 Å². The lowest BCUT2D eigenvalue weighted by Gasteiger charge is -2.35. The van der Waals surface area contributed by atoms with Gasteiger partial charge in [-0.2, -0.15) is 4.37 Å². The van der Waals surface area contributed by atoms with Crippen molar-refractivity contribution in [2.75, 3.05) is 37.6 Å². The third-order valence-corrected chi connectivity index (χ3v) is 6.27. The van der Waals surface area contributed by atoms with Crippen molar-refractivity contribution in [2.24, 2.45) is 0 Å². The van der Waals surface area contributed by atoms with E-state index in [1.807, 2.05) is 12.3 Å². The van der Waals surface area contributed by atoms with Crippen LogP contribution in [-0.2, 0) is 6.42 Å². The second kappa shape index (κ2) is 6.94. The first kappa shape index (κ1) is 16.7. The summed E-state index contributed by atoms with van der Waals surface area (Å²) >= 11 is 1.58. The zero-order chi connectivity index (χ0) is 18.2. The summed E-state index contributed by atoms with van der Waals surface area (Å²) in [6.07, 6.45) is 2.95. The van der Waals surface area contributed by atoms with Gasteiger partial charge in [0.25, 0.3) is 0 Å². The van der Waals surface area contributed by atoms with Crippen LogP contribution in [0.1, 0.15) is 5.56 Å². The van der Waals surface area contributed by atoms with E-state index in [1.165, 1.54) is 21.7 Å². The van der Waals surface area contributed by atoms with Gasteiger partial charge in [-0.3, -0.25) is 4.90 Å². The molecule has 1 N–H and O–H groups in total. The molecule has 6 heteroatoms. The molecule has 4 aromatic rings. The molecule has 0 amide bonds. The molecule has 0 aliphatic carbocycles. The molecule has 4 nitrogen and oxygen atoms in total. The van der Waals surface area contributed by atoms with Crippen LogP contribution in [-0.4, -0.2) is 47.0 Å². The lowest BCUT2D eigenvalue weighted by molar-refractivity contribution is 0.261. The van der Waals surface area contributed by atoms with Crippen LogP contribution < -0.4 is 4.90 Å². The van der Waals surface area contributed by atoms with Crippen LogP contribution in [0.15, 0.2) is 48.7 Å². The van der Waals surface area contributed by atoms with E-state index in [9.17, 15) is 4.39 Å². The Morgan fingerprint density at radius 2 is 1.89 bits per heavy atom. The monoisotopic (exact) mass is 380 g/mol. The number of rotatable bonds is 4. The summed E-state index contributed by atoms with van der Waals surface area (Å²) in [5.41, 5.74) is 2.20. The van der Waals surface area contributed by atoms with Crippen LogP contribution >= 0.6 is 11.5 Å². The minimum absolute atomic E-state index is 0.174. The molecule has 3 heterocycles. The number of benzene rings is 2. The van der Waals surface area contributed by atoms with Crippen molar-refractivity contribution in [3.8, 4) is 0 Å². The van der Waals surface area contributed by atoms with Crippen LogP contribution in [0.5, 0.6) is 0 Å². The van der Waals surface area contributed by atoms with Crippen LogP contribution in [0.4, 0.5) is 10.2 Å². The Bertz CT molecular complexity index is 1080. The molecule has 1 saturated heterocycles. The van der Waals surface area contributed by atoms with Crippen molar-refractivity contribution in [3.63, 3.8) is 0 Å². The molecule has 5 rings (SSSR count). The summed E-state index contributed by atoms with van der Waals surface area (Å²) < 4.78 is 19.5. The lowest BCUT2D eigenvalue weighted by Crippen LogP contribution is -2.47. The molecular weight excluding hydrogens is 359 g/mol. The van der Waals surface area contributed by atoms with Gasteiger partial charge in [0.05, 0.1) is 4.70 Å². The fraction of sp³-hybridized carbons (Fsp3) is 0.286. The first-order valence-electron chi connectivity index (χ1n) is 9.35. The molecule has 0 atom stereocenters. The number of anilines is 1. The zero-order valence-corrected chi connectivity index (χ0v) is 15.8. The molecule has 1 aliphatic heterocycles. The summed E-state index contributed by atoms with van der Waals surface area (Å²) in [4.78, 5) is 8.13. The normalized spacial score (nSPS) is 15.8. The Morgan fingerprint density at radius 1 is 1.04 bits per heavy atom. The van der Waals surface area contributed by atoms with Crippen molar-refractivity contribution >= 4 is 38.3 Å². The highest BCUT2D eigenvalue weighted by atomic mass is 32.1. The number of nitrogens with zero attached hydrogens (tertiary/aromatic N) is 3. The van der Waals surface area contributed by atoms with Crippen LogP contribution in [0, 0.1) is 5.82 Å². The summed E-state index contributed by atoms with van der Waals surface area (Å²) in [5.74, 6) is 0.954. The third kappa shape index (κ3) is 3.19. The SMILES string of the molecule is Fc1ccc2[nH]cc(CCN3CCN(c4nsc5ccccc45)CC3)c2c1. The van der Waals surface area contributed by atoms with E-state index >= 15 is 0 Å². The van der Waals surface area contributed by atoms with E-state index in [1.54, 1.807) is 17.6 Å². The van der Waals surface area contributed by atoms with E-state index in [2.05, 4.69) is 43.4 Å². The number of halogens is 1. The van der Waals surface area contributed by atoms with Gasteiger partial charge in [0.1, 0.15) is 11.6 Å². The number of H-pyrrole nitrogens is 1. The molecule has 0 bridgehead atoms. The Kier molecular flexibility index (Phi) is 4.30. The smallest absolute Gasteiger partial charge is 0.150 e. The fourth-order valence-corrected chi connectivity index (χ4v) is 4.72.